The summed E-state index contributed by atoms with van der Waals surface area (Å²) in [5.74, 6) is 0.980. The first-order chi connectivity index (χ1) is 9.69. The molecule has 0 spiro atoms. The molecule has 110 valence electrons. The average Bonchev–Trinajstić information content (AvgIpc) is 3.22. The zero-order valence-electron chi connectivity index (χ0n) is 12.3. The first kappa shape index (κ1) is 13.5. The molecule has 1 aromatic rings. The van der Waals surface area contributed by atoms with Crippen molar-refractivity contribution in [3.05, 3.63) is 18.0 Å². The molecule has 4 heteroatoms. The van der Waals surface area contributed by atoms with Crippen LogP contribution in [0, 0.1) is 5.92 Å². The summed E-state index contributed by atoms with van der Waals surface area (Å²) < 4.78 is 2.09. The molecule has 2 N–H and O–H groups in total. The lowest BCUT2D eigenvalue weighted by Crippen LogP contribution is -2.39. The van der Waals surface area contributed by atoms with E-state index >= 15 is 0 Å². The normalized spacial score (nSPS) is 20.4. The molecular weight excluding hydrogens is 250 g/mol. The minimum atomic E-state index is 0.170. The van der Waals surface area contributed by atoms with Gasteiger partial charge >= 0.3 is 0 Å². The highest BCUT2D eigenvalue weighted by molar-refractivity contribution is 5.94. The number of aromatic nitrogens is 1. The lowest BCUT2D eigenvalue weighted by atomic mass is 9.92. The lowest BCUT2D eigenvalue weighted by molar-refractivity contribution is 0.0675. The van der Waals surface area contributed by atoms with Crippen molar-refractivity contribution in [1.29, 1.82) is 0 Å². The molecule has 1 saturated carbocycles. The molecular formula is C16H25N3O. The summed E-state index contributed by atoms with van der Waals surface area (Å²) in [6.07, 6.45) is 9.13. The molecule has 20 heavy (non-hydrogen) atoms. The smallest absolute Gasteiger partial charge is 0.270 e. The Hall–Kier alpha value is -1.45. The predicted octanol–water partition coefficient (Wildman–Crippen LogP) is 3.06. The van der Waals surface area contributed by atoms with E-state index in [2.05, 4.69) is 11.5 Å². The SMILES string of the molecule is CCCC1CCN(C(=O)c2cc(N)cn2C2CC2)CC1. The fourth-order valence-corrected chi connectivity index (χ4v) is 3.32. The number of nitrogens with zero attached hydrogens (tertiary/aromatic N) is 2. The maximum Gasteiger partial charge on any atom is 0.270 e. The zero-order valence-corrected chi connectivity index (χ0v) is 12.3. The maximum atomic E-state index is 12.7. The summed E-state index contributed by atoms with van der Waals surface area (Å²) in [6, 6.07) is 2.35. The second-order valence-electron chi connectivity index (χ2n) is 6.32. The number of hydrogen-bond donors (Lipinski definition) is 1. The summed E-state index contributed by atoms with van der Waals surface area (Å²) in [5, 5.41) is 0. The topological polar surface area (TPSA) is 51.3 Å². The van der Waals surface area contributed by atoms with Gasteiger partial charge in [-0.15, -0.1) is 0 Å². The van der Waals surface area contributed by atoms with Crippen LogP contribution in [-0.2, 0) is 0 Å². The van der Waals surface area contributed by atoms with Crippen LogP contribution >= 0.6 is 0 Å². The molecule has 0 bridgehead atoms. The van der Waals surface area contributed by atoms with Gasteiger partial charge < -0.3 is 15.2 Å². The average molecular weight is 275 g/mol. The van der Waals surface area contributed by atoms with Crippen LogP contribution in [0.25, 0.3) is 0 Å². The minimum Gasteiger partial charge on any atom is -0.397 e. The van der Waals surface area contributed by atoms with Crippen LogP contribution in [0.5, 0.6) is 0 Å². The number of likely N-dealkylation sites (tertiary alicyclic amines) is 1. The molecule has 0 aromatic carbocycles. The number of carbonyl (C=O) groups is 1. The van der Waals surface area contributed by atoms with Crippen molar-refractivity contribution in [3.63, 3.8) is 0 Å². The van der Waals surface area contributed by atoms with E-state index in [-0.39, 0.29) is 5.91 Å². The van der Waals surface area contributed by atoms with E-state index in [0.717, 1.165) is 37.5 Å². The second-order valence-corrected chi connectivity index (χ2v) is 6.32. The number of anilines is 1. The van der Waals surface area contributed by atoms with Crippen LogP contribution in [0.4, 0.5) is 5.69 Å². The first-order valence-corrected chi connectivity index (χ1v) is 7.95. The van der Waals surface area contributed by atoms with Crippen LogP contribution < -0.4 is 5.73 Å². The van der Waals surface area contributed by atoms with E-state index < -0.39 is 0 Å². The van der Waals surface area contributed by atoms with Crippen LogP contribution in [-0.4, -0.2) is 28.5 Å². The molecule has 1 aromatic heterocycles. The highest BCUT2D eigenvalue weighted by Crippen LogP contribution is 2.37. The van der Waals surface area contributed by atoms with Gasteiger partial charge in [0.05, 0.1) is 5.69 Å². The number of nitrogen functional groups attached to an aromatic ring is 1. The van der Waals surface area contributed by atoms with Gasteiger partial charge in [-0.05, 0) is 37.7 Å². The molecule has 3 rings (SSSR count). The Bertz CT molecular complexity index is 482. The predicted molar refractivity (Wildman–Crippen MR) is 80.7 cm³/mol. The Morgan fingerprint density at radius 1 is 1.30 bits per heavy atom. The van der Waals surface area contributed by atoms with E-state index in [1.165, 1.54) is 25.7 Å². The van der Waals surface area contributed by atoms with Gasteiger partial charge in [0, 0.05) is 25.3 Å². The zero-order chi connectivity index (χ0) is 14.1. The Balaban J connectivity index is 1.67. The molecule has 2 fully saturated rings. The summed E-state index contributed by atoms with van der Waals surface area (Å²) in [4.78, 5) is 14.7. The number of rotatable bonds is 4. The molecule has 1 aliphatic heterocycles. The minimum absolute atomic E-state index is 0.170. The van der Waals surface area contributed by atoms with Gasteiger partial charge in [-0.2, -0.15) is 0 Å². The van der Waals surface area contributed by atoms with Crippen molar-refractivity contribution in [2.75, 3.05) is 18.8 Å². The lowest BCUT2D eigenvalue weighted by Gasteiger charge is -2.32. The molecule has 2 aliphatic rings. The van der Waals surface area contributed by atoms with E-state index in [9.17, 15) is 4.79 Å². The Labute approximate surface area is 120 Å². The first-order valence-electron chi connectivity index (χ1n) is 7.95. The molecule has 0 atom stereocenters. The number of nitrogens with two attached hydrogens (primary N) is 1. The quantitative estimate of drug-likeness (QED) is 0.918. The second kappa shape index (κ2) is 5.51. The van der Waals surface area contributed by atoms with E-state index in [0.29, 0.717) is 11.7 Å². The van der Waals surface area contributed by atoms with E-state index in [1.54, 1.807) is 0 Å². The number of amides is 1. The third kappa shape index (κ3) is 2.69. The van der Waals surface area contributed by atoms with Crippen molar-refractivity contribution >= 4 is 11.6 Å². The van der Waals surface area contributed by atoms with Crippen molar-refractivity contribution < 1.29 is 4.79 Å². The number of hydrogen-bond acceptors (Lipinski definition) is 2. The molecule has 2 heterocycles. The van der Waals surface area contributed by atoms with Gasteiger partial charge in [0.25, 0.3) is 5.91 Å². The highest BCUT2D eigenvalue weighted by Gasteiger charge is 2.30. The molecule has 1 saturated heterocycles. The molecule has 1 aliphatic carbocycles. The summed E-state index contributed by atoms with van der Waals surface area (Å²) in [5.41, 5.74) is 7.38. The fourth-order valence-electron chi connectivity index (χ4n) is 3.32. The molecule has 4 nitrogen and oxygen atoms in total. The number of carbonyl (C=O) groups excluding carboxylic acids is 1. The van der Waals surface area contributed by atoms with E-state index in [4.69, 9.17) is 5.73 Å². The highest BCUT2D eigenvalue weighted by atomic mass is 16.2. The van der Waals surface area contributed by atoms with E-state index in [1.807, 2.05) is 17.2 Å². The van der Waals surface area contributed by atoms with Gasteiger partial charge in [-0.3, -0.25) is 4.79 Å². The van der Waals surface area contributed by atoms with Crippen molar-refractivity contribution in [2.45, 2.75) is 51.5 Å². The Morgan fingerprint density at radius 3 is 2.60 bits per heavy atom. The van der Waals surface area contributed by atoms with Crippen LogP contribution in [0.2, 0.25) is 0 Å². The van der Waals surface area contributed by atoms with Gasteiger partial charge in [0.1, 0.15) is 5.69 Å². The van der Waals surface area contributed by atoms with Crippen LogP contribution in [0.1, 0.15) is 62.0 Å². The largest absolute Gasteiger partial charge is 0.397 e. The number of piperidine rings is 1. The van der Waals surface area contributed by atoms with Gasteiger partial charge in [-0.1, -0.05) is 19.8 Å². The standard InChI is InChI=1S/C16H25N3O/c1-2-3-12-6-8-18(9-7-12)16(20)15-10-13(17)11-19(15)14-4-5-14/h10-12,14H,2-9,17H2,1H3. The summed E-state index contributed by atoms with van der Waals surface area (Å²) in [6.45, 7) is 4.04. The fraction of sp³-hybridized carbons (Fsp3) is 0.688. The summed E-state index contributed by atoms with van der Waals surface area (Å²) >= 11 is 0. The molecule has 0 radical (unpaired) electrons. The monoisotopic (exact) mass is 275 g/mol. The van der Waals surface area contributed by atoms with Crippen molar-refractivity contribution in [2.24, 2.45) is 5.92 Å². The third-order valence-electron chi connectivity index (χ3n) is 4.63. The molecule has 1 amide bonds. The van der Waals surface area contributed by atoms with Crippen molar-refractivity contribution in [1.82, 2.24) is 9.47 Å². The summed E-state index contributed by atoms with van der Waals surface area (Å²) in [7, 11) is 0. The van der Waals surface area contributed by atoms with Crippen molar-refractivity contribution in [3.8, 4) is 0 Å². The van der Waals surface area contributed by atoms with Gasteiger partial charge in [0.2, 0.25) is 0 Å². The Morgan fingerprint density at radius 2 is 2.00 bits per heavy atom. The van der Waals surface area contributed by atoms with Crippen LogP contribution in [0.15, 0.2) is 12.3 Å². The maximum absolute atomic E-state index is 12.7. The van der Waals surface area contributed by atoms with Crippen LogP contribution in [0.3, 0.4) is 0 Å². The Kier molecular flexibility index (Phi) is 3.72. The van der Waals surface area contributed by atoms with Gasteiger partial charge in [0.15, 0.2) is 0 Å². The molecule has 0 unspecified atom stereocenters. The van der Waals surface area contributed by atoms with Gasteiger partial charge in [-0.25, -0.2) is 0 Å². The third-order valence-corrected chi connectivity index (χ3v) is 4.63.